The molecule has 5 nitrogen and oxygen atoms in total. The van der Waals surface area contributed by atoms with Crippen LogP contribution in [0.5, 0.6) is 0 Å². The number of nitrogens with two attached hydrogens (primary N) is 1. The molecule has 1 aliphatic carbocycles. The number of nitrogen functional groups attached to an aromatic ring is 1. The van der Waals surface area contributed by atoms with Gasteiger partial charge < -0.3 is 15.2 Å². The van der Waals surface area contributed by atoms with Crippen molar-refractivity contribution in [2.24, 2.45) is 0 Å². The smallest absolute Gasteiger partial charge is 0.232 e. The van der Waals surface area contributed by atoms with Crippen LogP contribution in [0.2, 0.25) is 0 Å². The Bertz CT molecular complexity index is 663. The molecule has 2 atom stereocenters. The third-order valence-electron chi connectivity index (χ3n) is 3.94. The number of hydrogen-bond acceptors (Lipinski definition) is 5. The van der Waals surface area contributed by atoms with Gasteiger partial charge in [0.05, 0.1) is 12.2 Å². The zero-order valence-electron chi connectivity index (χ0n) is 14.0. The van der Waals surface area contributed by atoms with Crippen LogP contribution in [0.4, 0.5) is 5.69 Å². The van der Waals surface area contributed by atoms with Gasteiger partial charge in [0.25, 0.3) is 0 Å². The van der Waals surface area contributed by atoms with E-state index < -0.39 is 0 Å². The van der Waals surface area contributed by atoms with Gasteiger partial charge in [-0.15, -0.1) is 0 Å². The van der Waals surface area contributed by atoms with Crippen molar-refractivity contribution in [1.82, 2.24) is 0 Å². The number of carbonyl (C=O) groups excluding carboxylic acids is 2. The molecule has 2 rings (SSSR count). The van der Waals surface area contributed by atoms with Crippen LogP contribution in [0.3, 0.4) is 0 Å². The third-order valence-corrected chi connectivity index (χ3v) is 3.94. The van der Waals surface area contributed by atoms with E-state index in [1.807, 2.05) is 27.7 Å². The maximum atomic E-state index is 12.8. The highest BCUT2D eigenvalue weighted by Gasteiger charge is 2.36. The van der Waals surface area contributed by atoms with Crippen LogP contribution in [0, 0.1) is 0 Å². The molecule has 0 bridgehead atoms. The van der Waals surface area contributed by atoms with E-state index >= 15 is 0 Å². The molecule has 0 heterocycles. The van der Waals surface area contributed by atoms with E-state index in [1.54, 1.807) is 12.1 Å². The van der Waals surface area contributed by atoms with Gasteiger partial charge in [-0.3, -0.25) is 9.59 Å². The molecule has 0 fully saturated rings. The molecule has 0 aliphatic heterocycles. The number of hydrogen-bond donors (Lipinski definition) is 1. The van der Waals surface area contributed by atoms with Crippen molar-refractivity contribution < 1.29 is 19.1 Å². The topological polar surface area (TPSA) is 78.6 Å². The molecule has 1 aromatic carbocycles. The second kappa shape index (κ2) is 6.86. The summed E-state index contributed by atoms with van der Waals surface area (Å²) in [6.45, 7) is 7.59. The zero-order chi connectivity index (χ0) is 17.1. The van der Waals surface area contributed by atoms with Crippen molar-refractivity contribution >= 4 is 17.3 Å². The number of allylic oxidation sites excluding steroid dienone is 2. The first-order valence-electron chi connectivity index (χ1n) is 7.95. The molecule has 0 aromatic heterocycles. The van der Waals surface area contributed by atoms with Gasteiger partial charge in [-0.1, -0.05) is 13.8 Å². The van der Waals surface area contributed by atoms with Crippen LogP contribution in [-0.4, -0.2) is 23.8 Å². The molecule has 0 amide bonds. The monoisotopic (exact) mass is 317 g/mol. The quantitative estimate of drug-likeness (QED) is 0.813. The largest absolute Gasteiger partial charge is 0.483 e. The summed E-state index contributed by atoms with van der Waals surface area (Å²) < 4.78 is 11.4. The number of fused-ring (bicyclic) bond motifs is 1. The summed E-state index contributed by atoms with van der Waals surface area (Å²) in [6.07, 6.45) is 1.05. The predicted octanol–water partition coefficient (Wildman–Crippen LogP) is 3.49. The number of benzene rings is 1. The molecule has 23 heavy (non-hydrogen) atoms. The van der Waals surface area contributed by atoms with Crippen LogP contribution >= 0.6 is 0 Å². The Labute approximate surface area is 136 Å². The Morgan fingerprint density at radius 1 is 0.913 bits per heavy atom. The van der Waals surface area contributed by atoms with Crippen molar-refractivity contribution in [3.05, 3.63) is 40.8 Å². The molecule has 1 aromatic rings. The number of Topliss-reactive ketones (excluding diaryl/α,β-unsaturated/α-hetero) is 2. The molecule has 2 unspecified atom stereocenters. The number of ketones is 2. The van der Waals surface area contributed by atoms with E-state index in [0.717, 1.165) is 6.42 Å². The van der Waals surface area contributed by atoms with Crippen LogP contribution in [0.1, 0.15) is 61.3 Å². The number of carbonyl (C=O) groups is 2. The lowest BCUT2D eigenvalue weighted by molar-refractivity contribution is 0.0526. The molecule has 0 saturated carbocycles. The molecular weight excluding hydrogens is 294 g/mol. The second-order valence-electron chi connectivity index (χ2n) is 5.79. The van der Waals surface area contributed by atoms with Gasteiger partial charge in [0, 0.05) is 16.8 Å². The Morgan fingerprint density at radius 2 is 1.39 bits per heavy atom. The first-order valence-corrected chi connectivity index (χ1v) is 7.95. The van der Waals surface area contributed by atoms with Crippen molar-refractivity contribution in [1.29, 1.82) is 0 Å². The third kappa shape index (κ3) is 3.38. The summed E-state index contributed by atoms with van der Waals surface area (Å²) in [4.78, 5) is 25.5. The highest BCUT2D eigenvalue weighted by Crippen LogP contribution is 2.31. The summed E-state index contributed by atoms with van der Waals surface area (Å²) in [5.74, 6) is -0.701. The lowest BCUT2D eigenvalue weighted by Crippen LogP contribution is -2.28. The van der Waals surface area contributed by atoms with E-state index in [1.165, 1.54) is 6.07 Å². The standard InChI is InChI=1S/C18H23NO4/c1-5-10(3)22-17-15(20)13-8-7-12(19)9-14(13)16(21)18(17)23-11(4)6-2/h7-11H,5-6,19H2,1-4H3. The summed E-state index contributed by atoms with van der Waals surface area (Å²) in [5, 5.41) is 0. The maximum Gasteiger partial charge on any atom is 0.232 e. The van der Waals surface area contributed by atoms with E-state index in [0.29, 0.717) is 17.7 Å². The van der Waals surface area contributed by atoms with Crippen LogP contribution in [0.25, 0.3) is 0 Å². The van der Waals surface area contributed by atoms with E-state index in [-0.39, 0.29) is 40.9 Å². The maximum absolute atomic E-state index is 12.8. The molecule has 0 saturated heterocycles. The van der Waals surface area contributed by atoms with Gasteiger partial charge in [0.15, 0.2) is 0 Å². The summed E-state index contributed by atoms with van der Waals surface area (Å²) >= 11 is 0. The van der Waals surface area contributed by atoms with E-state index in [2.05, 4.69) is 0 Å². The Hall–Kier alpha value is -2.30. The first-order chi connectivity index (χ1) is 10.9. The molecule has 2 N–H and O–H groups in total. The van der Waals surface area contributed by atoms with Crippen molar-refractivity contribution in [2.45, 2.75) is 52.7 Å². The summed E-state index contributed by atoms with van der Waals surface area (Å²) in [5.41, 5.74) is 6.75. The molecule has 0 spiro atoms. The highest BCUT2D eigenvalue weighted by molar-refractivity contribution is 6.25. The lowest BCUT2D eigenvalue weighted by Gasteiger charge is -2.25. The van der Waals surface area contributed by atoms with Gasteiger partial charge in [-0.25, -0.2) is 0 Å². The lowest BCUT2D eigenvalue weighted by atomic mass is 9.91. The minimum atomic E-state index is -0.356. The van der Waals surface area contributed by atoms with Crippen molar-refractivity contribution in [2.75, 3.05) is 5.73 Å². The molecule has 0 radical (unpaired) electrons. The number of ether oxygens (including phenoxy) is 2. The van der Waals surface area contributed by atoms with Crippen molar-refractivity contribution in [3.8, 4) is 0 Å². The van der Waals surface area contributed by atoms with Crippen molar-refractivity contribution in [3.63, 3.8) is 0 Å². The Kier molecular flexibility index (Phi) is 5.08. The normalized spacial score (nSPS) is 16.9. The fourth-order valence-electron chi connectivity index (χ4n) is 2.18. The Morgan fingerprint density at radius 3 is 1.87 bits per heavy atom. The SMILES string of the molecule is CCC(C)OC1=C(OC(C)CC)C(=O)c2cc(N)ccc2C1=O. The zero-order valence-corrected chi connectivity index (χ0v) is 14.0. The average molecular weight is 317 g/mol. The highest BCUT2D eigenvalue weighted by atomic mass is 16.5. The number of anilines is 1. The second-order valence-corrected chi connectivity index (χ2v) is 5.79. The number of rotatable bonds is 6. The Balaban J connectivity index is 2.53. The predicted molar refractivity (Wildman–Crippen MR) is 88.2 cm³/mol. The fourth-order valence-corrected chi connectivity index (χ4v) is 2.18. The molecule has 5 heteroatoms. The molecular formula is C18H23NO4. The molecule has 124 valence electrons. The average Bonchev–Trinajstić information content (AvgIpc) is 2.54. The van der Waals surface area contributed by atoms with Crippen LogP contribution < -0.4 is 5.73 Å². The van der Waals surface area contributed by atoms with Crippen LogP contribution in [0.15, 0.2) is 29.7 Å². The van der Waals surface area contributed by atoms with Crippen LogP contribution in [-0.2, 0) is 9.47 Å². The first kappa shape index (κ1) is 17.1. The van der Waals surface area contributed by atoms with Gasteiger partial charge in [-0.05, 0) is 44.9 Å². The summed E-state index contributed by atoms with van der Waals surface area (Å²) in [6, 6.07) is 4.67. The van der Waals surface area contributed by atoms with E-state index in [9.17, 15) is 9.59 Å². The fraction of sp³-hybridized carbons (Fsp3) is 0.444. The molecule has 1 aliphatic rings. The van der Waals surface area contributed by atoms with Gasteiger partial charge in [0.2, 0.25) is 23.1 Å². The van der Waals surface area contributed by atoms with E-state index in [4.69, 9.17) is 15.2 Å². The van der Waals surface area contributed by atoms with Gasteiger partial charge >= 0.3 is 0 Å². The van der Waals surface area contributed by atoms with Gasteiger partial charge in [0.1, 0.15) is 0 Å². The minimum absolute atomic E-state index is 0.00178. The minimum Gasteiger partial charge on any atom is -0.483 e. The summed E-state index contributed by atoms with van der Waals surface area (Å²) in [7, 11) is 0. The van der Waals surface area contributed by atoms with Gasteiger partial charge in [-0.2, -0.15) is 0 Å².